The second kappa shape index (κ2) is 9.14. The summed E-state index contributed by atoms with van der Waals surface area (Å²) >= 11 is 0. The Kier molecular flexibility index (Phi) is 6.62. The Morgan fingerprint density at radius 3 is 2.15 bits per heavy atom. The summed E-state index contributed by atoms with van der Waals surface area (Å²) in [6, 6.07) is 12.9. The van der Waals surface area contributed by atoms with Crippen molar-refractivity contribution in [1.29, 1.82) is 0 Å². The van der Waals surface area contributed by atoms with E-state index in [9.17, 15) is 0 Å². The molecular formula is C23H32N2O2. The van der Waals surface area contributed by atoms with Crippen molar-refractivity contribution in [3.05, 3.63) is 42.0 Å². The Labute approximate surface area is 163 Å². The maximum Gasteiger partial charge on any atom is 0.130 e. The molecule has 0 aliphatic carbocycles. The van der Waals surface area contributed by atoms with E-state index in [-0.39, 0.29) is 0 Å². The highest BCUT2D eigenvalue weighted by atomic mass is 16.5. The zero-order valence-corrected chi connectivity index (χ0v) is 17.1. The fourth-order valence-corrected chi connectivity index (χ4v) is 3.86. The second-order valence-corrected chi connectivity index (χ2v) is 7.09. The highest BCUT2D eigenvalue weighted by molar-refractivity contribution is 5.77. The van der Waals surface area contributed by atoms with Crippen molar-refractivity contribution in [2.45, 2.75) is 26.7 Å². The van der Waals surface area contributed by atoms with Crippen molar-refractivity contribution in [3.63, 3.8) is 0 Å². The van der Waals surface area contributed by atoms with Gasteiger partial charge in [0.15, 0.2) is 0 Å². The summed E-state index contributed by atoms with van der Waals surface area (Å²) in [7, 11) is 3.48. The predicted octanol–water partition coefficient (Wildman–Crippen LogP) is 4.47. The van der Waals surface area contributed by atoms with Gasteiger partial charge < -0.3 is 19.3 Å². The molecule has 146 valence electrons. The highest BCUT2D eigenvalue weighted by Gasteiger charge is 2.20. The van der Waals surface area contributed by atoms with Crippen molar-refractivity contribution < 1.29 is 9.47 Å². The van der Waals surface area contributed by atoms with Gasteiger partial charge in [-0.05, 0) is 48.4 Å². The standard InChI is InChI=1S/C23H32N2O2/c1-5-7-19-16-20(25-14-12-24(6-2)13-15-25)17-22(23(19)27-4)18-8-10-21(26-3)11-9-18/h8-11,16-17H,5-7,12-15H2,1-4H3. The number of rotatable bonds is 7. The number of ether oxygens (including phenoxy) is 2. The highest BCUT2D eigenvalue weighted by Crippen LogP contribution is 2.38. The van der Waals surface area contributed by atoms with Crippen LogP contribution in [-0.4, -0.2) is 51.8 Å². The smallest absolute Gasteiger partial charge is 0.130 e. The average molecular weight is 369 g/mol. The van der Waals surface area contributed by atoms with Crippen molar-refractivity contribution >= 4 is 5.69 Å². The van der Waals surface area contributed by atoms with Crippen LogP contribution in [0.5, 0.6) is 11.5 Å². The third-order valence-electron chi connectivity index (χ3n) is 5.46. The summed E-state index contributed by atoms with van der Waals surface area (Å²) < 4.78 is 11.2. The van der Waals surface area contributed by atoms with Crippen LogP contribution in [-0.2, 0) is 6.42 Å². The van der Waals surface area contributed by atoms with Gasteiger partial charge >= 0.3 is 0 Å². The first-order valence-corrected chi connectivity index (χ1v) is 10.0. The topological polar surface area (TPSA) is 24.9 Å². The van der Waals surface area contributed by atoms with Crippen LogP contribution >= 0.6 is 0 Å². The first-order valence-electron chi connectivity index (χ1n) is 10.0. The predicted molar refractivity (Wildman–Crippen MR) is 113 cm³/mol. The Bertz CT molecular complexity index is 735. The molecule has 0 unspecified atom stereocenters. The van der Waals surface area contributed by atoms with Crippen LogP contribution in [0.4, 0.5) is 5.69 Å². The Morgan fingerprint density at radius 1 is 0.889 bits per heavy atom. The van der Waals surface area contributed by atoms with Crippen LogP contribution < -0.4 is 14.4 Å². The number of aryl methyl sites for hydroxylation is 1. The van der Waals surface area contributed by atoms with Gasteiger partial charge in [-0.3, -0.25) is 0 Å². The summed E-state index contributed by atoms with van der Waals surface area (Å²) in [5.41, 5.74) is 4.93. The van der Waals surface area contributed by atoms with Gasteiger partial charge in [-0.2, -0.15) is 0 Å². The van der Waals surface area contributed by atoms with Crippen LogP contribution in [0.1, 0.15) is 25.8 Å². The molecule has 1 aliphatic heterocycles. The van der Waals surface area contributed by atoms with E-state index >= 15 is 0 Å². The van der Waals surface area contributed by atoms with E-state index in [0.29, 0.717) is 0 Å². The van der Waals surface area contributed by atoms with Crippen LogP contribution in [0.15, 0.2) is 36.4 Å². The lowest BCUT2D eigenvalue weighted by atomic mass is 9.97. The molecule has 4 nitrogen and oxygen atoms in total. The Hall–Kier alpha value is -2.20. The minimum Gasteiger partial charge on any atom is -0.497 e. The molecule has 0 N–H and O–H groups in total. The van der Waals surface area contributed by atoms with Gasteiger partial charge in [0.25, 0.3) is 0 Å². The number of piperazine rings is 1. The summed E-state index contributed by atoms with van der Waals surface area (Å²) in [6.07, 6.45) is 2.13. The number of hydrogen-bond acceptors (Lipinski definition) is 4. The molecule has 1 saturated heterocycles. The molecule has 0 spiro atoms. The molecule has 27 heavy (non-hydrogen) atoms. The molecule has 0 saturated carbocycles. The van der Waals surface area contributed by atoms with E-state index in [1.54, 1.807) is 14.2 Å². The summed E-state index contributed by atoms with van der Waals surface area (Å²) in [5.74, 6) is 1.87. The molecule has 0 atom stereocenters. The molecule has 4 heteroatoms. The van der Waals surface area contributed by atoms with Crippen molar-refractivity contribution in [3.8, 4) is 22.6 Å². The normalized spacial score (nSPS) is 15.0. The minimum atomic E-state index is 0.873. The van der Waals surface area contributed by atoms with Gasteiger partial charge in [-0.15, -0.1) is 0 Å². The number of benzene rings is 2. The third kappa shape index (κ3) is 4.38. The largest absolute Gasteiger partial charge is 0.497 e. The fourth-order valence-electron chi connectivity index (χ4n) is 3.86. The minimum absolute atomic E-state index is 0.873. The lowest BCUT2D eigenvalue weighted by Crippen LogP contribution is -2.46. The van der Waals surface area contributed by atoms with Gasteiger partial charge in [0.1, 0.15) is 11.5 Å². The molecule has 2 aromatic rings. The number of likely N-dealkylation sites (N-methyl/N-ethyl adjacent to an activating group) is 1. The molecule has 0 amide bonds. The van der Waals surface area contributed by atoms with E-state index in [2.05, 4.69) is 47.9 Å². The Balaban J connectivity index is 2.00. The van der Waals surface area contributed by atoms with Gasteiger partial charge in [0, 0.05) is 37.4 Å². The number of hydrogen-bond donors (Lipinski definition) is 0. The summed E-state index contributed by atoms with van der Waals surface area (Å²) in [4.78, 5) is 5.02. The lowest BCUT2D eigenvalue weighted by molar-refractivity contribution is 0.271. The molecule has 1 fully saturated rings. The zero-order chi connectivity index (χ0) is 19.2. The molecule has 0 aromatic heterocycles. The van der Waals surface area contributed by atoms with Crippen molar-refractivity contribution in [2.75, 3.05) is 51.8 Å². The van der Waals surface area contributed by atoms with Crippen LogP contribution in [0.3, 0.4) is 0 Å². The summed E-state index contributed by atoms with van der Waals surface area (Å²) in [6.45, 7) is 10.0. The van der Waals surface area contributed by atoms with Gasteiger partial charge in [0.05, 0.1) is 14.2 Å². The Morgan fingerprint density at radius 2 is 1.59 bits per heavy atom. The van der Waals surface area contributed by atoms with Crippen LogP contribution in [0, 0.1) is 0 Å². The van der Waals surface area contributed by atoms with Crippen molar-refractivity contribution in [2.24, 2.45) is 0 Å². The molecule has 0 radical (unpaired) electrons. The quantitative estimate of drug-likeness (QED) is 0.720. The van der Waals surface area contributed by atoms with Crippen LogP contribution in [0.2, 0.25) is 0 Å². The van der Waals surface area contributed by atoms with Crippen LogP contribution in [0.25, 0.3) is 11.1 Å². The second-order valence-electron chi connectivity index (χ2n) is 7.09. The molecule has 3 rings (SSSR count). The molecular weight excluding hydrogens is 336 g/mol. The summed E-state index contributed by atoms with van der Waals surface area (Å²) in [5, 5.41) is 0. The maximum atomic E-state index is 5.86. The zero-order valence-electron chi connectivity index (χ0n) is 17.1. The lowest BCUT2D eigenvalue weighted by Gasteiger charge is -2.36. The van der Waals surface area contributed by atoms with E-state index < -0.39 is 0 Å². The fraction of sp³-hybridized carbons (Fsp3) is 0.478. The first-order chi connectivity index (χ1) is 13.2. The van der Waals surface area contributed by atoms with Gasteiger partial charge in [0.2, 0.25) is 0 Å². The molecule has 2 aromatic carbocycles. The third-order valence-corrected chi connectivity index (χ3v) is 5.46. The van der Waals surface area contributed by atoms with E-state index in [4.69, 9.17) is 9.47 Å². The monoisotopic (exact) mass is 368 g/mol. The first kappa shape index (κ1) is 19.6. The van der Waals surface area contributed by atoms with E-state index in [1.807, 2.05) is 12.1 Å². The molecule has 1 aliphatic rings. The number of anilines is 1. The van der Waals surface area contributed by atoms with Crippen molar-refractivity contribution in [1.82, 2.24) is 4.90 Å². The maximum absolute atomic E-state index is 5.86. The van der Waals surface area contributed by atoms with E-state index in [0.717, 1.165) is 57.1 Å². The molecule has 1 heterocycles. The van der Waals surface area contributed by atoms with Gasteiger partial charge in [-0.1, -0.05) is 32.4 Å². The SMILES string of the molecule is CCCc1cc(N2CCN(CC)CC2)cc(-c2ccc(OC)cc2)c1OC. The number of methoxy groups -OCH3 is 2. The van der Waals surface area contributed by atoms with E-state index in [1.165, 1.54) is 22.4 Å². The number of nitrogens with zero attached hydrogens (tertiary/aromatic N) is 2. The van der Waals surface area contributed by atoms with Gasteiger partial charge in [-0.25, -0.2) is 0 Å². The molecule has 0 bridgehead atoms. The average Bonchev–Trinajstić information content (AvgIpc) is 2.73.